The van der Waals surface area contributed by atoms with Gasteiger partial charge in [-0.05, 0) is 69.8 Å². The highest BCUT2D eigenvalue weighted by Crippen LogP contribution is 2.06. The van der Waals surface area contributed by atoms with E-state index in [9.17, 15) is 14.4 Å². The lowest BCUT2D eigenvalue weighted by Gasteiger charge is -1.91. The number of carbonyl (C=O) groups is 3. The van der Waals surface area contributed by atoms with Crippen molar-refractivity contribution in [3.8, 4) is 0 Å². The second-order valence-corrected chi connectivity index (χ2v) is 11.7. The third kappa shape index (κ3) is 20.3. The van der Waals surface area contributed by atoms with Crippen molar-refractivity contribution < 1.29 is 14.4 Å². The quantitative estimate of drug-likeness (QED) is 0.0923. The van der Waals surface area contributed by atoms with Crippen LogP contribution in [-0.2, 0) is 14.4 Å². The van der Waals surface area contributed by atoms with Crippen molar-refractivity contribution in [2.75, 3.05) is 0 Å². The van der Waals surface area contributed by atoms with Gasteiger partial charge < -0.3 is 0 Å². The first kappa shape index (κ1) is 46.0. The van der Waals surface area contributed by atoms with Gasteiger partial charge in [0.15, 0.2) is 17.3 Å². The van der Waals surface area contributed by atoms with Gasteiger partial charge in [-0.3, -0.25) is 14.4 Å². The molecule has 0 unspecified atom stereocenters. The molecule has 0 spiro atoms. The van der Waals surface area contributed by atoms with Crippen molar-refractivity contribution >= 4 is 88.5 Å². The minimum absolute atomic E-state index is 0. The lowest BCUT2D eigenvalue weighted by atomic mass is 10.1. The second-order valence-electron chi connectivity index (χ2n) is 11.7. The van der Waals surface area contributed by atoms with Crippen molar-refractivity contribution in [2.45, 2.75) is 0 Å². The van der Waals surface area contributed by atoms with E-state index in [0.717, 1.165) is 33.4 Å². The molecule has 0 heterocycles. The number of rotatable bonds is 12. The Morgan fingerprint density at radius 1 is 0.232 bits per heavy atom. The molecule has 6 rings (SSSR count). The molecule has 0 saturated carbocycles. The van der Waals surface area contributed by atoms with E-state index in [1.165, 1.54) is 0 Å². The van der Waals surface area contributed by atoms with Crippen LogP contribution < -0.4 is 0 Å². The Bertz CT molecular complexity index is 1760. The topological polar surface area (TPSA) is 51.2 Å². The minimum atomic E-state index is -0.0114. The summed E-state index contributed by atoms with van der Waals surface area (Å²) >= 11 is 0. The summed E-state index contributed by atoms with van der Waals surface area (Å²) < 4.78 is 0. The normalized spacial score (nSPS) is 10.7. The SMILES string of the molecule is O=C(C=Cc1ccccc1)C=Cc1ccccc1.O=C(C=Cc1ccccc1)C=Cc1ccccc1.O=C(C=Cc1ccccc1)C=Cc1ccccc1.[Al].[Al]. The molecular weight excluding hydrogens is 715 g/mol. The monoisotopic (exact) mass is 756 g/mol. The zero-order valence-corrected chi connectivity index (χ0v) is 33.4. The molecule has 0 aliphatic heterocycles. The van der Waals surface area contributed by atoms with Gasteiger partial charge in [-0.1, -0.05) is 218 Å². The first-order valence-electron chi connectivity index (χ1n) is 17.5. The Morgan fingerprint density at radius 2 is 0.357 bits per heavy atom. The lowest BCUT2D eigenvalue weighted by molar-refractivity contribution is -0.111. The molecule has 0 amide bonds. The highest BCUT2D eigenvalue weighted by atomic mass is 27.0. The fourth-order valence-corrected chi connectivity index (χ4v) is 4.62. The van der Waals surface area contributed by atoms with E-state index in [0.29, 0.717) is 0 Å². The summed E-state index contributed by atoms with van der Waals surface area (Å²) in [5.74, 6) is -0.0341. The lowest BCUT2D eigenvalue weighted by Crippen LogP contribution is -1.84. The van der Waals surface area contributed by atoms with E-state index in [1.54, 1.807) is 36.5 Å². The largest absolute Gasteiger partial charge is 0.290 e. The molecule has 0 aliphatic rings. The smallest absolute Gasteiger partial charge is 0.178 e. The first-order chi connectivity index (χ1) is 26.5. The van der Waals surface area contributed by atoms with Crippen LogP contribution in [0.1, 0.15) is 33.4 Å². The molecule has 270 valence electrons. The Kier molecular flexibility index (Phi) is 23.2. The predicted octanol–water partition coefficient (Wildman–Crippen LogP) is 11.2. The van der Waals surface area contributed by atoms with Crippen LogP contribution in [0.15, 0.2) is 218 Å². The van der Waals surface area contributed by atoms with Gasteiger partial charge in [0.05, 0.1) is 0 Å². The van der Waals surface area contributed by atoms with Crippen LogP contribution in [0.2, 0.25) is 0 Å². The maximum absolute atomic E-state index is 11.6. The van der Waals surface area contributed by atoms with Crippen molar-refractivity contribution in [3.63, 3.8) is 0 Å². The minimum Gasteiger partial charge on any atom is -0.290 e. The highest BCUT2D eigenvalue weighted by Gasteiger charge is 1.93. The van der Waals surface area contributed by atoms with Gasteiger partial charge in [0.25, 0.3) is 0 Å². The summed E-state index contributed by atoms with van der Waals surface area (Å²) in [5.41, 5.74) is 6.16. The van der Waals surface area contributed by atoms with E-state index >= 15 is 0 Å². The molecule has 0 aromatic heterocycles. The van der Waals surface area contributed by atoms with E-state index in [1.807, 2.05) is 218 Å². The number of benzene rings is 6. The zero-order chi connectivity index (χ0) is 37.9. The molecule has 3 nitrogen and oxygen atoms in total. The third-order valence-corrected chi connectivity index (χ3v) is 7.44. The van der Waals surface area contributed by atoms with Gasteiger partial charge >= 0.3 is 0 Å². The summed E-state index contributed by atoms with van der Waals surface area (Å²) in [6.07, 6.45) is 20.4. The van der Waals surface area contributed by atoms with E-state index < -0.39 is 0 Å². The van der Waals surface area contributed by atoms with Crippen molar-refractivity contribution in [2.24, 2.45) is 0 Å². The molecule has 0 N–H and O–H groups in total. The molecule has 0 bridgehead atoms. The van der Waals surface area contributed by atoms with E-state index in [-0.39, 0.29) is 52.1 Å². The molecule has 6 radical (unpaired) electrons. The summed E-state index contributed by atoms with van der Waals surface area (Å²) in [6.45, 7) is 0. The fraction of sp³-hybridized carbons (Fsp3) is 0. The summed E-state index contributed by atoms with van der Waals surface area (Å²) in [4.78, 5) is 34.8. The maximum atomic E-state index is 11.6. The number of hydrogen-bond donors (Lipinski definition) is 0. The number of ketones is 3. The molecular formula is C51H42Al2O3. The molecule has 6 aromatic rings. The van der Waals surface area contributed by atoms with E-state index in [4.69, 9.17) is 0 Å². The van der Waals surface area contributed by atoms with E-state index in [2.05, 4.69) is 0 Å². The van der Waals surface area contributed by atoms with Gasteiger partial charge in [-0.2, -0.15) is 0 Å². The third-order valence-electron chi connectivity index (χ3n) is 7.44. The Morgan fingerprint density at radius 3 is 0.482 bits per heavy atom. The summed E-state index contributed by atoms with van der Waals surface area (Å²) in [6, 6.07) is 58.7. The van der Waals surface area contributed by atoms with Crippen LogP contribution >= 0.6 is 0 Å². The molecule has 0 fully saturated rings. The van der Waals surface area contributed by atoms with Gasteiger partial charge in [0.2, 0.25) is 0 Å². The van der Waals surface area contributed by atoms with Crippen LogP contribution in [0.4, 0.5) is 0 Å². The predicted molar refractivity (Wildman–Crippen MR) is 239 cm³/mol. The van der Waals surface area contributed by atoms with Gasteiger partial charge in [0, 0.05) is 34.7 Å². The van der Waals surface area contributed by atoms with Crippen molar-refractivity contribution in [1.82, 2.24) is 0 Å². The van der Waals surface area contributed by atoms with Crippen LogP contribution in [0.5, 0.6) is 0 Å². The number of hydrogen-bond acceptors (Lipinski definition) is 3. The summed E-state index contributed by atoms with van der Waals surface area (Å²) in [7, 11) is 0. The number of carbonyl (C=O) groups excluding carboxylic acids is 3. The van der Waals surface area contributed by atoms with Crippen molar-refractivity contribution in [1.29, 1.82) is 0 Å². The Labute approximate surface area is 352 Å². The highest BCUT2D eigenvalue weighted by molar-refractivity contribution is 6.05. The fourth-order valence-electron chi connectivity index (χ4n) is 4.62. The Balaban J connectivity index is 0.000000285. The molecule has 56 heavy (non-hydrogen) atoms. The average molecular weight is 757 g/mol. The van der Waals surface area contributed by atoms with Crippen LogP contribution in [0.25, 0.3) is 36.5 Å². The summed E-state index contributed by atoms with van der Waals surface area (Å²) in [5, 5.41) is 0. The van der Waals surface area contributed by atoms with Gasteiger partial charge in [0.1, 0.15) is 0 Å². The van der Waals surface area contributed by atoms with Gasteiger partial charge in [-0.25, -0.2) is 0 Å². The average Bonchev–Trinajstić information content (AvgIpc) is 3.24. The Hall–Kier alpha value is -6.17. The van der Waals surface area contributed by atoms with Crippen LogP contribution in [-0.4, -0.2) is 52.1 Å². The van der Waals surface area contributed by atoms with Crippen LogP contribution in [0, 0.1) is 0 Å². The first-order valence-corrected chi connectivity index (χ1v) is 17.5. The number of allylic oxidation sites excluding steroid dienone is 6. The molecule has 6 aromatic carbocycles. The zero-order valence-electron chi connectivity index (χ0n) is 31.1. The molecule has 0 saturated heterocycles. The second kappa shape index (κ2) is 28.3. The standard InChI is InChI=1S/3C17H14O.2Al/c3*18-17(13-11-15-7-3-1-4-8-15)14-12-16-9-5-2-6-10-16;;/h3*1-14H;;. The molecule has 5 heteroatoms. The molecule has 0 aliphatic carbocycles. The van der Waals surface area contributed by atoms with Crippen LogP contribution in [0.3, 0.4) is 0 Å². The van der Waals surface area contributed by atoms with Gasteiger partial charge in [-0.15, -0.1) is 0 Å². The van der Waals surface area contributed by atoms with Crippen molar-refractivity contribution in [3.05, 3.63) is 252 Å². The molecule has 0 atom stereocenters. The maximum Gasteiger partial charge on any atom is 0.178 e.